The molecule has 2 heterocycles. The minimum Gasteiger partial charge on any atom is -0.310 e. The van der Waals surface area contributed by atoms with Crippen molar-refractivity contribution < 1.29 is 0 Å². The molecule has 12 aromatic rings. The average molecular weight is 821 g/mol. The Labute approximate surface area is 370 Å². The fraction of sp³-hybridized carbons (Fsp3) is 0. The summed E-state index contributed by atoms with van der Waals surface area (Å²) in [4.78, 5) is 2.44. The average Bonchev–Trinajstić information content (AvgIpc) is 3.91. The van der Waals surface area contributed by atoms with Crippen LogP contribution in [0.2, 0.25) is 0 Å². The van der Waals surface area contributed by atoms with Crippen molar-refractivity contribution >= 4 is 70.4 Å². The molecule has 0 aliphatic heterocycles. The van der Waals surface area contributed by atoms with Gasteiger partial charge < -0.3 is 9.47 Å². The Kier molecular flexibility index (Phi) is 9.06. The molecule has 0 atom stereocenters. The van der Waals surface area contributed by atoms with Gasteiger partial charge in [0.2, 0.25) is 0 Å². The van der Waals surface area contributed by atoms with Crippen LogP contribution >= 0.6 is 11.3 Å². The number of hydrogen-bond donors (Lipinski definition) is 0. The van der Waals surface area contributed by atoms with Crippen molar-refractivity contribution in [2.45, 2.75) is 0 Å². The molecule has 0 bridgehead atoms. The summed E-state index contributed by atoms with van der Waals surface area (Å²) in [6.45, 7) is 0. The summed E-state index contributed by atoms with van der Waals surface area (Å²) >= 11 is 1.88. The van der Waals surface area contributed by atoms with Crippen LogP contribution in [0.1, 0.15) is 0 Å². The van der Waals surface area contributed by atoms with Crippen molar-refractivity contribution in [3.8, 4) is 50.2 Å². The summed E-state index contributed by atoms with van der Waals surface area (Å²) in [5.41, 5.74) is 16.3. The highest BCUT2D eigenvalue weighted by atomic mass is 32.1. The predicted molar refractivity (Wildman–Crippen MR) is 270 cm³/mol. The zero-order valence-electron chi connectivity index (χ0n) is 34.4. The normalized spacial score (nSPS) is 11.5. The molecule has 3 heteroatoms. The van der Waals surface area contributed by atoms with Crippen LogP contribution in [0.5, 0.6) is 0 Å². The molecular weight excluding hydrogens is 781 g/mol. The van der Waals surface area contributed by atoms with E-state index in [0.29, 0.717) is 0 Å². The van der Waals surface area contributed by atoms with Gasteiger partial charge in [0.25, 0.3) is 0 Å². The van der Waals surface area contributed by atoms with E-state index < -0.39 is 0 Å². The third kappa shape index (κ3) is 6.33. The van der Waals surface area contributed by atoms with Crippen molar-refractivity contribution in [1.82, 2.24) is 4.57 Å². The zero-order chi connectivity index (χ0) is 41.7. The van der Waals surface area contributed by atoms with Crippen LogP contribution in [-0.4, -0.2) is 4.57 Å². The van der Waals surface area contributed by atoms with E-state index in [0.717, 1.165) is 33.8 Å². The van der Waals surface area contributed by atoms with Gasteiger partial charge in [0.05, 0.1) is 22.4 Å². The summed E-state index contributed by atoms with van der Waals surface area (Å²) in [6.07, 6.45) is 0. The van der Waals surface area contributed by atoms with E-state index in [-0.39, 0.29) is 0 Å². The fourth-order valence-corrected chi connectivity index (χ4v) is 10.8. The Hall–Kier alpha value is -7.98. The number of hydrogen-bond acceptors (Lipinski definition) is 2. The topological polar surface area (TPSA) is 8.17 Å². The summed E-state index contributed by atoms with van der Waals surface area (Å²) in [5, 5.41) is 5.04. The highest BCUT2D eigenvalue weighted by molar-refractivity contribution is 7.26. The summed E-state index contributed by atoms with van der Waals surface area (Å²) in [7, 11) is 0. The Balaban J connectivity index is 1.11. The first-order valence-electron chi connectivity index (χ1n) is 21.5. The molecule has 296 valence electrons. The Morgan fingerprint density at radius 1 is 0.333 bits per heavy atom. The number of para-hydroxylation sites is 2. The first-order valence-corrected chi connectivity index (χ1v) is 22.3. The molecule has 63 heavy (non-hydrogen) atoms. The zero-order valence-corrected chi connectivity index (χ0v) is 35.2. The number of anilines is 3. The maximum atomic E-state index is 2.49. The van der Waals surface area contributed by atoms with Crippen molar-refractivity contribution in [1.29, 1.82) is 0 Å². The van der Waals surface area contributed by atoms with Gasteiger partial charge in [-0.05, 0) is 88.0 Å². The number of benzene rings is 10. The Morgan fingerprint density at radius 2 is 0.921 bits per heavy atom. The monoisotopic (exact) mass is 820 g/mol. The van der Waals surface area contributed by atoms with E-state index in [9.17, 15) is 0 Å². The van der Waals surface area contributed by atoms with Crippen molar-refractivity contribution in [2.24, 2.45) is 0 Å². The fourth-order valence-electron chi connectivity index (χ4n) is 9.58. The van der Waals surface area contributed by atoms with Crippen LogP contribution in [0.4, 0.5) is 17.1 Å². The van der Waals surface area contributed by atoms with E-state index in [1.54, 1.807) is 0 Å². The lowest BCUT2D eigenvalue weighted by molar-refractivity contribution is 1.18. The van der Waals surface area contributed by atoms with Gasteiger partial charge in [-0.1, -0.05) is 188 Å². The summed E-state index contributed by atoms with van der Waals surface area (Å²) in [5.74, 6) is 0. The number of thiophene rings is 1. The van der Waals surface area contributed by atoms with Gasteiger partial charge in [-0.15, -0.1) is 11.3 Å². The maximum absolute atomic E-state index is 2.49. The molecule has 0 aliphatic rings. The van der Waals surface area contributed by atoms with Crippen molar-refractivity contribution in [3.05, 3.63) is 243 Å². The SMILES string of the molecule is c1ccc(-c2cc(-c3cccc4c3sc3ccccc34)ccc2N(c2ccccc2)c2ccc3c4ccccc4n(-c4cccc(-c5ccccc5)c4-c4ccccc4)c3c2)cc1. The number of nitrogens with zero attached hydrogens (tertiary/aromatic N) is 2. The second kappa shape index (κ2) is 15.5. The molecule has 10 aromatic carbocycles. The van der Waals surface area contributed by atoms with E-state index in [1.807, 2.05) is 11.3 Å². The molecule has 0 saturated heterocycles. The van der Waals surface area contributed by atoms with Crippen LogP contribution in [0, 0.1) is 0 Å². The second-order valence-electron chi connectivity index (χ2n) is 16.0. The highest BCUT2D eigenvalue weighted by Gasteiger charge is 2.23. The molecular formula is C60H40N2S. The van der Waals surface area contributed by atoms with Gasteiger partial charge in [-0.3, -0.25) is 0 Å². The third-order valence-corrected chi connectivity index (χ3v) is 13.6. The van der Waals surface area contributed by atoms with Crippen LogP contribution in [0.15, 0.2) is 243 Å². The van der Waals surface area contributed by atoms with E-state index in [2.05, 4.69) is 252 Å². The van der Waals surface area contributed by atoms with Crippen LogP contribution < -0.4 is 4.90 Å². The van der Waals surface area contributed by atoms with E-state index in [1.165, 1.54) is 75.4 Å². The largest absolute Gasteiger partial charge is 0.310 e. The number of fused-ring (bicyclic) bond motifs is 6. The molecule has 0 unspecified atom stereocenters. The maximum Gasteiger partial charge on any atom is 0.0562 e. The van der Waals surface area contributed by atoms with E-state index >= 15 is 0 Å². The molecule has 0 aliphatic carbocycles. The number of rotatable bonds is 8. The van der Waals surface area contributed by atoms with Crippen molar-refractivity contribution in [2.75, 3.05) is 4.90 Å². The molecule has 0 saturated carbocycles. The van der Waals surface area contributed by atoms with Gasteiger partial charge in [0, 0.05) is 53.4 Å². The van der Waals surface area contributed by atoms with Crippen LogP contribution in [-0.2, 0) is 0 Å². The van der Waals surface area contributed by atoms with Crippen LogP contribution in [0.3, 0.4) is 0 Å². The summed E-state index contributed by atoms with van der Waals surface area (Å²) < 4.78 is 5.11. The van der Waals surface area contributed by atoms with Crippen molar-refractivity contribution in [3.63, 3.8) is 0 Å². The second-order valence-corrected chi connectivity index (χ2v) is 17.1. The summed E-state index contributed by atoms with van der Waals surface area (Å²) in [6, 6.07) is 88.4. The van der Waals surface area contributed by atoms with Gasteiger partial charge in [-0.2, -0.15) is 0 Å². The molecule has 0 radical (unpaired) electrons. The minimum absolute atomic E-state index is 1.08. The standard InChI is InChI=1S/C60H40N2S/c1-5-19-41(20-6-1)47-29-18-33-56(59(47)43-23-9-3-10-24-43)62-54-32-15-13-27-49(54)50-37-36-46(40-57(50)62)61(45-25-11-4-12-26-45)55-38-35-44(39-53(55)42-21-7-2-8-22-42)48-30-17-31-52-51-28-14-16-34-58(51)63-60(48)52/h1-40H. The Bertz CT molecular complexity index is 3610. The minimum atomic E-state index is 1.08. The van der Waals surface area contributed by atoms with Crippen LogP contribution in [0.25, 0.3) is 92.2 Å². The molecule has 0 amide bonds. The quantitative estimate of drug-likeness (QED) is 0.148. The lowest BCUT2D eigenvalue weighted by atomic mass is 9.93. The predicted octanol–water partition coefficient (Wildman–Crippen LogP) is 17.3. The first kappa shape index (κ1) is 36.8. The van der Waals surface area contributed by atoms with Gasteiger partial charge >= 0.3 is 0 Å². The molecule has 2 nitrogen and oxygen atoms in total. The van der Waals surface area contributed by atoms with Gasteiger partial charge in [0.15, 0.2) is 0 Å². The molecule has 0 fully saturated rings. The van der Waals surface area contributed by atoms with Gasteiger partial charge in [-0.25, -0.2) is 0 Å². The van der Waals surface area contributed by atoms with Gasteiger partial charge in [0.1, 0.15) is 0 Å². The van der Waals surface area contributed by atoms with E-state index in [4.69, 9.17) is 0 Å². The number of aromatic nitrogens is 1. The highest BCUT2D eigenvalue weighted by Crippen LogP contribution is 2.47. The third-order valence-electron chi connectivity index (χ3n) is 12.4. The molecule has 2 aromatic heterocycles. The lowest BCUT2D eigenvalue weighted by Gasteiger charge is -2.28. The Morgan fingerprint density at radius 3 is 1.68 bits per heavy atom. The molecule has 12 rings (SSSR count). The lowest BCUT2D eigenvalue weighted by Crippen LogP contribution is -2.11. The smallest absolute Gasteiger partial charge is 0.0562 e. The first-order chi connectivity index (χ1) is 31.3. The molecule has 0 N–H and O–H groups in total. The molecule has 0 spiro atoms.